The molecule has 1 amide bonds. The minimum Gasteiger partial charge on any atom is -0.497 e. The largest absolute Gasteiger partial charge is 0.497 e. The fourth-order valence-electron chi connectivity index (χ4n) is 6.37. The third kappa shape index (κ3) is 6.74. The number of ether oxygens (including phenoxy) is 2. The number of fused-ring (bicyclic) bond motifs is 2. The van der Waals surface area contributed by atoms with Gasteiger partial charge in [-0.25, -0.2) is 19.4 Å². The Labute approximate surface area is 270 Å². The maximum absolute atomic E-state index is 12.3. The number of benzene rings is 2. The minimum atomic E-state index is -0.523. The van der Waals surface area contributed by atoms with Crippen LogP contribution < -0.4 is 19.9 Å². The summed E-state index contributed by atoms with van der Waals surface area (Å²) in [7, 11) is 1.66. The fraction of sp³-hybridized carbons (Fsp3) is 0.486. The molecule has 4 aromatic rings. The summed E-state index contributed by atoms with van der Waals surface area (Å²) in [5, 5.41) is 18.2. The summed E-state index contributed by atoms with van der Waals surface area (Å²) in [6, 6.07) is 16.2. The molecule has 11 heteroatoms. The maximum atomic E-state index is 12.3. The van der Waals surface area contributed by atoms with E-state index in [1.165, 1.54) is 0 Å². The molecule has 6 rings (SSSR count). The molecule has 1 saturated heterocycles. The third-order valence-corrected chi connectivity index (χ3v) is 9.10. The summed E-state index contributed by atoms with van der Waals surface area (Å²) in [6.45, 7) is 11.4. The van der Waals surface area contributed by atoms with Gasteiger partial charge in [-0.2, -0.15) is 5.10 Å². The number of aliphatic hydroxyl groups excluding tert-OH is 1. The highest BCUT2D eigenvalue weighted by atomic mass is 16.6. The van der Waals surface area contributed by atoms with E-state index in [9.17, 15) is 9.90 Å². The third-order valence-electron chi connectivity index (χ3n) is 9.10. The van der Waals surface area contributed by atoms with Crippen molar-refractivity contribution in [3.63, 3.8) is 0 Å². The zero-order valence-electron chi connectivity index (χ0n) is 27.5. The lowest BCUT2D eigenvalue weighted by molar-refractivity contribution is 0.0495. The van der Waals surface area contributed by atoms with Crippen molar-refractivity contribution in [1.82, 2.24) is 25.1 Å². The van der Waals surface area contributed by atoms with Gasteiger partial charge in [0.2, 0.25) is 0 Å². The molecule has 244 valence electrons. The van der Waals surface area contributed by atoms with Gasteiger partial charge < -0.3 is 29.7 Å². The number of carbonyl (C=O) groups excluding carboxylic acids is 1. The molecule has 0 bridgehead atoms. The van der Waals surface area contributed by atoms with Gasteiger partial charge >= 0.3 is 6.09 Å². The summed E-state index contributed by atoms with van der Waals surface area (Å²) in [6.07, 6.45) is 4.10. The van der Waals surface area contributed by atoms with Gasteiger partial charge in [-0.1, -0.05) is 37.3 Å². The molecule has 2 aliphatic rings. The van der Waals surface area contributed by atoms with E-state index in [0.717, 1.165) is 84.3 Å². The molecule has 4 heterocycles. The average molecular weight is 628 g/mol. The number of carbonyl (C=O) groups is 1. The number of rotatable bonds is 8. The number of para-hydroxylation sites is 1. The van der Waals surface area contributed by atoms with Crippen LogP contribution in [-0.4, -0.2) is 76.4 Å². The highest BCUT2D eigenvalue weighted by Gasteiger charge is 2.33. The van der Waals surface area contributed by atoms with Gasteiger partial charge in [0.15, 0.2) is 17.0 Å². The maximum Gasteiger partial charge on any atom is 0.407 e. The standard InChI is InChI=1S/C35H45N7O4/c1-34(2,3)46-33(44)37-23-35(4)15-18-40(19-16-35)29-20-36-30-31(38-29)42(21-24-10-12-26(45-5)13-11-24)39-32(30)41-17-14-25(22-43)27-8-6-7-9-28(27)41/h6-13,20,25,43H,14-19,21-23H2,1-5H3,(H,37,44). The Hall–Kier alpha value is -4.38. The van der Waals surface area contributed by atoms with Crippen molar-refractivity contribution in [1.29, 1.82) is 0 Å². The number of nitrogens with zero attached hydrogens (tertiary/aromatic N) is 6. The van der Waals surface area contributed by atoms with Crippen molar-refractivity contribution < 1.29 is 19.4 Å². The summed E-state index contributed by atoms with van der Waals surface area (Å²) in [4.78, 5) is 26.9. The first kappa shape index (κ1) is 31.6. The Morgan fingerprint density at radius 3 is 2.52 bits per heavy atom. The van der Waals surface area contributed by atoms with Gasteiger partial charge in [0.1, 0.15) is 17.2 Å². The molecular weight excluding hydrogens is 582 g/mol. The van der Waals surface area contributed by atoms with Gasteiger partial charge in [0, 0.05) is 37.8 Å². The van der Waals surface area contributed by atoms with Crippen molar-refractivity contribution in [2.75, 3.05) is 49.7 Å². The molecule has 1 unspecified atom stereocenters. The molecule has 11 nitrogen and oxygen atoms in total. The predicted molar refractivity (Wildman–Crippen MR) is 179 cm³/mol. The van der Waals surface area contributed by atoms with Gasteiger partial charge in [-0.3, -0.25) is 0 Å². The Morgan fingerprint density at radius 1 is 1.09 bits per heavy atom. The Balaban J connectivity index is 1.28. The van der Waals surface area contributed by atoms with E-state index >= 15 is 0 Å². The van der Waals surface area contributed by atoms with Crippen LogP contribution in [0, 0.1) is 5.41 Å². The molecular formula is C35H45N7O4. The minimum absolute atomic E-state index is 0.0394. The fourth-order valence-corrected chi connectivity index (χ4v) is 6.37. The van der Waals surface area contributed by atoms with Gasteiger partial charge in [-0.05, 0) is 74.8 Å². The van der Waals surface area contributed by atoms with E-state index in [1.807, 2.05) is 68.0 Å². The SMILES string of the molecule is COc1ccc(Cn2nc(N3CCC(CO)c4ccccc43)c3ncc(N4CCC(C)(CNC(=O)OC(C)(C)C)CC4)nc32)cc1. The second-order valence-corrected chi connectivity index (χ2v) is 13.8. The second kappa shape index (κ2) is 12.8. The molecule has 2 aliphatic heterocycles. The number of methoxy groups -OCH3 is 1. The average Bonchev–Trinajstić information content (AvgIpc) is 3.40. The number of piperidine rings is 1. The van der Waals surface area contributed by atoms with Crippen LogP contribution >= 0.6 is 0 Å². The number of aliphatic hydroxyl groups is 1. The zero-order chi connectivity index (χ0) is 32.5. The number of anilines is 3. The lowest BCUT2D eigenvalue weighted by Crippen LogP contribution is -2.46. The van der Waals surface area contributed by atoms with Crippen LogP contribution in [0.1, 0.15) is 64.0 Å². The van der Waals surface area contributed by atoms with Crippen LogP contribution in [0.2, 0.25) is 0 Å². The molecule has 2 aromatic carbocycles. The monoisotopic (exact) mass is 627 g/mol. The zero-order valence-corrected chi connectivity index (χ0v) is 27.5. The van der Waals surface area contributed by atoms with Crippen LogP contribution in [0.5, 0.6) is 5.75 Å². The number of nitrogens with one attached hydrogen (secondary N) is 1. The number of aromatic nitrogens is 4. The first-order valence-electron chi connectivity index (χ1n) is 16.1. The Bertz CT molecular complexity index is 1670. The summed E-state index contributed by atoms with van der Waals surface area (Å²) >= 11 is 0. The van der Waals surface area contributed by atoms with Crippen LogP contribution in [0.25, 0.3) is 11.2 Å². The predicted octanol–water partition coefficient (Wildman–Crippen LogP) is 5.63. The van der Waals surface area contributed by atoms with Gasteiger partial charge in [0.05, 0.1) is 26.5 Å². The Morgan fingerprint density at radius 2 is 1.83 bits per heavy atom. The van der Waals surface area contributed by atoms with Crippen molar-refractivity contribution >= 4 is 34.6 Å². The molecule has 46 heavy (non-hydrogen) atoms. The van der Waals surface area contributed by atoms with Crippen LogP contribution in [0.4, 0.5) is 22.1 Å². The number of hydrogen-bond acceptors (Lipinski definition) is 9. The van der Waals surface area contributed by atoms with E-state index in [2.05, 4.69) is 34.2 Å². The van der Waals surface area contributed by atoms with E-state index < -0.39 is 5.60 Å². The smallest absolute Gasteiger partial charge is 0.407 e. The van der Waals surface area contributed by atoms with Crippen molar-refractivity contribution in [2.24, 2.45) is 5.41 Å². The van der Waals surface area contributed by atoms with Gasteiger partial charge in [0.25, 0.3) is 0 Å². The molecule has 2 N–H and O–H groups in total. The summed E-state index contributed by atoms with van der Waals surface area (Å²) in [5.41, 5.74) is 4.16. The second-order valence-electron chi connectivity index (χ2n) is 13.8. The Kier molecular flexibility index (Phi) is 8.78. The number of amides is 1. The molecule has 0 aliphatic carbocycles. The van der Waals surface area contributed by atoms with Crippen molar-refractivity contribution in [2.45, 2.75) is 65.0 Å². The summed E-state index contributed by atoms with van der Waals surface area (Å²) in [5.74, 6) is 2.49. The first-order valence-corrected chi connectivity index (χ1v) is 16.1. The molecule has 2 aromatic heterocycles. The van der Waals surface area contributed by atoms with Crippen molar-refractivity contribution in [3.8, 4) is 5.75 Å². The molecule has 1 atom stereocenters. The normalized spacial score (nSPS) is 17.9. The lowest BCUT2D eigenvalue weighted by atomic mass is 9.80. The quantitative estimate of drug-likeness (QED) is 0.256. The van der Waals surface area contributed by atoms with Gasteiger partial charge in [-0.15, -0.1) is 0 Å². The first-order chi connectivity index (χ1) is 22.1. The lowest BCUT2D eigenvalue weighted by Gasteiger charge is -2.40. The number of hydrogen-bond donors (Lipinski definition) is 2. The van der Waals surface area contributed by atoms with Crippen molar-refractivity contribution in [3.05, 3.63) is 65.9 Å². The molecule has 0 radical (unpaired) electrons. The number of alkyl carbamates (subject to hydrolysis) is 1. The highest BCUT2D eigenvalue weighted by molar-refractivity contribution is 5.88. The van der Waals surface area contributed by atoms with E-state index in [4.69, 9.17) is 24.5 Å². The highest BCUT2D eigenvalue weighted by Crippen LogP contribution is 2.41. The van der Waals surface area contributed by atoms with E-state index in [-0.39, 0.29) is 24.0 Å². The summed E-state index contributed by atoms with van der Waals surface area (Å²) < 4.78 is 12.8. The molecule has 1 fully saturated rings. The van der Waals surface area contributed by atoms with Crippen LogP contribution in [-0.2, 0) is 11.3 Å². The van der Waals surface area contributed by atoms with Crippen LogP contribution in [0.15, 0.2) is 54.7 Å². The van der Waals surface area contributed by atoms with Crippen LogP contribution in [0.3, 0.4) is 0 Å². The van der Waals surface area contributed by atoms with E-state index in [1.54, 1.807) is 7.11 Å². The topological polar surface area (TPSA) is 118 Å². The molecule has 0 spiro atoms. The molecule has 0 saturated carbocycles. The van der Waals surface area contributed by atoms with E-state index in [0.29, 0.717) is 13.1 Å².